The summed E-state index contributed by atoms with van der Waals surface area (Å²) in [5, 5.41) is 7.13. The number of carbonyl (C=O) groups excluding carboxylic acids is 1. The molecule has 1 aromatic heterocycles. The molecule has 0 unspecified atom stereocenters. The number of hydrogen-bond acceptors (Lipinski definition) is 4. The summed E-state index contributed by atoms with van der Waals surface area (Å²) in [6.07, 6.45) is 0.273. The third-order valence-corrected chi connectivity index (χ3v) is 6.11. The van der Waals surface area contributed by atoms with Crippen molar-refractivity contribution in [3.63, 3.8) is 0 Å². The highest BCUT2D eigenvalue weighted by molar-refractivity contribution is 7.89. The molecule has 0 atom stereocenters. The minimum absolute atomic E-state index is 0.0205. The van der Waals surface area contributed by atoms with E-state index < -0.39 is 15.8 Å². The summed E-state index contributed by atoms with van der Waals surface area (Å²) in [4.78, 5) is 12.2. The average Bonchev–Trinajstić information content (AvgIpc) is 3.06. The molecule has 1 heterocycles. The number of amides is 1. The lowest BCUT2D eigenvalue weighted by Crippen LogP contribution is -2.25. The number of sulfonamides is 1. The average molecular weight is 445 g/mol. The van der Waals surface area contributed by atoms with Crippen LogP contribution in [0.5, 0.6) is 0 Å². The number of carbonyl (C=O) groups is 1. The topological polar surface area (TPSA) is 93.1 Å². The second-order valence-electron chi connectivity index (χ2n) is 7.28. The Balaban J connectivity index is 1.55. The van der Waals surface area contributed by atoms with Crippen LogP contribution in [0.1, 0.15) is 28.9 Å². The van der Waals surface area contributed by atoms with Gasteiger partial charge in [0.15, 0.2) is 0 Å². The Kier molecular flexibility index (Phi) is 7.19. The lowest BCUT2D eigenvalue weighted by atomic mass is 10.2. The van der Waals surface area contributed by atoms with Gasteiger partial charge in [-0.15, -0.1) is 0 Å². The third-order valence-electron chi connectivity index (χ3n) is 4.71. The molecule has 0 spiro atoms. The van der Waals surface area contributed by atoms with Gasteiger partial charge in [0, 0.05) is 31.7 Å². The molecule has 3 aromatic rings. The first-order valence-electron chi connectivity index (χ1n) is 9.84. The fourth-order valence-corrected chi connectivity index (χ4v) is 4.22. The normalized spacial score (nSPS) is 11.5. The van der Waals surface area contributed by atoms with E-state index in [0.717, 1.165) is 11.4 Å². The predicted octanol–water partition coefficient (Wildman–Crippen LogP) is 2.82. The predicted molar refractivity (Wildman–Crippen MR) is 115 cm³/mol. The zero-order chi connectivity index (χ0) is 22.4. The Morgan fingerprint density at radius 2 is 1.74 bits per heavy atom. The van der Waals surface area contributed by atoms with Crippen LogP contribution in [0, 0.1) is 19.7 Å². The van der Waals surface area contributed by atoms with Gasteiger partial charge >= 0.3 is 0 Å². The first kappa shape index (κ1) is 22.6. The van der Waals surface area contributed by atoms with Crippen LogP contribution in [0.2, 0.25) is 0 Å². The Labute approximate surface area is 181 Å². The highest BCUT2D eigenvalue weighted by atomic mass is 32.2. The number of benzene rings is 2. The van der Waals surface area contributed by atoms with Crippen LogP contribution < -0.4 is 10.0 Å². The van der Waals surface area contributed by atoms with E-state index in [1.165, 1.54) is 30.3 Å². The Morgan fingerprint density at radius 1 is 1.03 bits per heavy atom. The number of rotatable bonds is 9. The van der Waals surface area contributed by atoms with E-state index in [2.05, 4.69) is 15.1 Å². The monoisotopic (exact) mass is 444 g/mol. The van der Waals surface area contributed by atoms with Gasteiger partial charge in [0.1, 0.15) is 5.82 Å². The van der Waals surface area contributed by atoms with Gasteiger partial charge in [0.25, 0.3) is 0 Å². The fourth-order valence-electron chi connectivity index (χ4n) is 3.13. The van der Waals surface area contributed by atoms with Gasteiger partial charge < -0.3 is 5.32 Å². The van der Waals surface area contributed by atoms with Crippen molar-refractivity contribution in [2.75, 3.05) is 0 Å². The van der Waals surface area contributed by atoms with E-state index in [-0.39, 0.29) is 30.3 Å². The van der Waals surface area contributed by atoms with Crippen molar-refractivity contribution in [3.8, 4) is 0 Å². The summed E-state index contributed by atoms with van der Waals surface area (Å²) >= 11 is 0. The minimum Gasteiger partial charge on any atom is -0.352 e. The summed E-state index contributed by atoms with van der Waals surface area (Å²) in [6, 6.07) is 14.0. The van der Waals surface area contributed by atoms with Gasteiger partial charge in [-0.1, -0.05) is 24.3 Å². The molecule has 1 amide bonds. The van der Waals surface area contributed by atoms with Crippen LogP contribution in [-0.2, 0) is 34.5 Å². The fraction of sp³-hybridized carbons (Fsp3) is 0.273. The SMILES string of the molecule is Cc1cc(C)n(CCC(=O)NCc2cccc(S(=O)(=O)NCc3cccc(F)c3)c2)n1. The second-order valence-corrected chi connectivity index (χ2v) is 9.05. The van der Waals surface area contributed by atoms with E-state index in [1.807, 2.05) is 19.9 Å². The molecule has 2 aromatic carbocycles. The van der Waals surface area contributed by atoms with Crippen LogP contribution in [0.3, 0.4) is 0 Å². The molecule has 0 saturated heterocycles. The molecule has 0 aliphatic carbocycles. The van der Waals surface area contributed by atoms with Gasteiger partial charge in [0.2, 0.25) is 15.9 Å². The van der Waals surface area contributed by atoms with Gasteiger partial charge in [0.05, 0.1) is 10.6 Å². The third kappa shape index (κ3) is 6.47. The molecule has 7 nitrogen and oxygen atoms in total. The van der Waals surface area contributed by atoms with E-state index in [1.54, 1.807) is 22.9 Å². The first-order chi connectivity index (χ1) is 14.7. The number of hydrogen-bond donors (Lipinski definition) is 2. The van der Waals surface area contributed by atoms with E-state index in [0.29, 0.717) is 17.7 Å². The van der Waals surface area contributed by atoms with Crippen LogP contribution in [0.15, 0.2) is 59.5 Å². The molecule has 2 N–H and O–H groups in total. The summed E-state index contributed by atoms with van der Waals surface area (Å²) in [7, 11) is -3.78. The van der Waals surface area contributed by atoms with Crippen LogP contribution in [-0.4, -0.2) is 24.1 Å². The maximum atomic E-state index is 13.3. The zero-order valence-electron chi connectivity index (χ0n) is 17.4. The zero-order valence-corrected chi connectivity index (χ0v) is 18.2. The molecular weight excluding hydrogens is 419 g/mol. The minimum atomic E-state index is -3.78. The van der Waals surface area contributed by atoms with Crippen molar-refractivity contribution < 1.29 is 17.6 Å². The molecule has 0 saturated carbocycles. The van der Waals surface area contributed by atoms with Gasteiger partial charge in [-0.05, 0) is 55.3 Å². The van der Waals surface area contributed by atoms with Gasteiger partial charge in [-0.3, -0.25) is 9.48 Å². The molecule has 9 heteroatoms. The molecule has 0 aliphatic rings. The van der Waals surface area contributed by atoms with Crippen molar-refractivity contribution in [1.82, 2.24) is 19.8 Å². The Bertz CT molecular complexity index is 1180. The van der Waals surface area contributed by atoms with Crippen LogP contribution in [0.4, 0.5) is 4.39 Å². The number of halogens is 1. The molecule has 0 bridgehead atoms. The largest absolute Gasteiger partial charge is 0.352 e. The van der Waals surface area contributed by atoms with Crippen LogP contribution in [0.25, 0.3) is 0 Å². The molecule has 0 radical (unpaired) electrons. The van der Waals surface area contributed by atoms with Crippen LogP contribution >= 0.6 is 0 Å². The van der Waals surface area contributed by atoms with Crippen molar-refractivity contribution >= 4 is 15.9 Å². The molecule has 0 fully saturated rings. The van der Waals surface area contributed by atoms with Gasteiger partial charge in [-0.2, -0.15) is 5.10 Å². The molecule has 31 heavy (non-hydrogen) atoms. The summed E-state index contributed by atoms with van der Waals surface area (Å²) < 4.78 is 42.7. The molecule has 164 valence electrons. The Morgan fingerprint density at radius 3 is 2.42 bits per heavy atom. The lowest BCUT2D eigenvalue weighted by molar-refractivity contribution is -0.121. The highest BCUT2D eigenvalue weighted by Crippen LogP contribution is 2.13. The summed E-state index contributed by atoms with van der Waals surface area (Å²) in [5.41, 5.74) is 3.08. The van der Waals surface area contributed by atoms with E-state index >= 15 is 0 Å². The van der Waals surface area contributed by atoms with Crippen molar-refractivity contribution in [1.29, 1.82) is 0 Å². The first-order valence-corrected chi connectivity index (χ1v) is 11.3. The van der Waals surface area contributed by atoms with Crippen molar-refractivity contribution in [2.45, 2.75) is 44.8 Å². The standard InChI is InChI=1S/C22H25FN4O3S/c1-16-11-17(2)27(26-16)10-9-22(28)24-14-19-6-4-8-21(13-19)31(29,30)25-15-18-5-3-7-20(23)12-18/h3-8,11-13,25H,9-10,14-15H2,1-2H3,(H,24,28). The number of nitrogens with zero attached hydrogens (tertiary/aromatic N) is 2. The maximum absolute atomic E-state index is 13.3. The lowest BCUT2D eigenvalue weighted by Gasteiger charge is -2.10. The highest BCUT2D eigenvalue weighted by Gasteiger charge is 2.14. The molecule has 0 aliphatic heterocycles. The smallest absolute Gasteiger partial charge is 0.240 e. The molecular formula is C22H25FN4O3S. The number of aromatic nitrogens is 2. The Hall–Kier alpha value is -3.04. The second kappa shape index (κ2) is 9.84. The number of nitrogens with one attached hydrogen (secondary N) is 2. The number of aryl methyl sites for hydroxylation is 3. The van der Waals surface area contributed by atoms with E-state index in [9.17, 15) is 17.6 Å². The summed E-state index contributed by atoms with van der Waals surface area (Å²) in [6.45, 7) is 4.50. The van der Waals surface area contributed by atoms with Crippen molar-refractivity contribution in [3.05, 3.63) is 82.9 Å². The quantitative estimate of drug-likeness (QED) is 0.531. The summed E-state index contributed by atoms with van der Waals surface area (Å²) in [5.74, 6) is -0.572. The molecule has 3 rings (SSSR count). The van der Waals surface area contributed by atoms with Gasteiger partial charge in [-0.25, -0.2) is 17.5 Å². The van der Waals surface area contributed by atoms with E-state index in [4.69, 9.17) is 0 Å². The maximum Gasteiger partial charge on any atom is 0.240 e. The van der Waals surface area contributed by atoms with Crippen molar-refractivity contribution in [2.24, 2.45) is 0 Å².